The molecular formula is C17H15F3N4OS. The molecule has 0 unspecified atom stereocenters. The molecule has 136 valence electrons. The molecule has 2 aromatic heterocycles. The van der Waals surface area contributed by atoms with Crippen LogP contribution in [0.25, 0.3) is 5.65 Å². The number of hydrogen-bond donors (Lipinski definition) is 1. The Labute approximate surface area is 151 Å². The molecule has 0 aliphatic carbocycles. The predicted octanol–water partition coefficient (Wildman–Crippen LogP) is 4.10. The van der Waals surface area contributed by atoms with Gasteiger partial charge in [-0.05, 0) is 37.1 Å². The number of aryl methyl sites for hydroxylation is 2. The third-order valence-electron chi connectivity index (χ3n) is 3.78. The molecule has 0 aliphatic rings. The number of carbonyl (C=O) groups is 1. The number of hydrogen-bond acceptors (Lipinski definition) is 4. The number of thioether (sulfide) groups is 1. The SMILES string of the molecule is Cc1cccc(C)c1NC(=O)CSc1nnc2ccc(C(F)(F)F)cn12. The van der Waals surface area contributed by atoms with Gasteiger partial charge >= 0.3 is 6.18 Å². The summed E-state index contributed by atoms with van der Waals surface area (Å²) >= 11 is 1.02. The number of pyridine rings is 1. The first-order valence-electron chi connectivity index (χ1n) is 7.66. The normalized spacial score (nSPS) is 11.7. The van der Waals surface area contributed by atoms with Crippen LogP contribution >= 0.6 is 11.8 Å². The fourth-order valence-corrected chi connectivity index (χ4v) is 3.17. The fourth-order valence-electron chi connectivity index (χ4n) is 2.45. The van der Waals surface area contributed by atoms with E-state index in [0.29, 0.717) is 0 Å². The Morgan fingerprint density at radius 1 is 1.15 bits per heavy atom. The molecule has 2 heterocycles. The summed E-state index contributed by atoms with van der Waals surface area (Å²) in [6.45, 7) is 3.78. The van der Waals surface area contributed by atoms with Crippen LogP contribution in [0.5, 0.6) is 0 Å². The van der Waals surface area contributed by atoms with E-state index in [9.17, 15) is 18.0 Å². The monoisotopic (exact) mass is 380 g/mol. The first-order valence-corrected chi connectivity index (χ1v) is 8.65. The topological polar surface area (TPSA) is 59.3 Å². The summed E-state index contributed by atoms with van der Waals surface area (Å²) in [5.74, 6) is -0.263. The number of benzene rings is 1. The molecule has 0 aliphatic heterocycles. The van der Waals surface area contributed by atoms with Gasteiger partial charge in [0.2, 0.25) is 5.91 Å². The molecular weight excluding hydrogens is 365 g/mol. The second kappa shape index (κ2) is 6.99. The first-order chi connectivity index (χ1) is 12.3. The molecule has 0 radical (unpaired) electrons. The Bertz CT molecular complexity index is 948. The highest BCUT2D eigenvalue weighted by molar-refractivity contribution is 7.99. The molecule has 1 amide bonds. The third kappa shape index (κ3) is 3.82. The minimum Gasteiger partial charge on any atom is -0.325 e. The van der Waals surface area contributed by atoms with E-state index in [0.717, 1.165) is 40.8 Å². The molecule has 1 N–H and O–H groups in total. The number of anilines is 1. The zero-order valence-electron chi connectivity index (χ0n) is 14.0. The maximum Gasteiger partial charge on any atom is 0.417 e. The van der Waals surface area contributed by atoms with E-state index in [4.69, 9.17) is 0 Å². The summed E-state index contributed by atoms with van der Waals surface area (Å²) in [5, 5.41) is 10.7. The Hall–Kier alpha value is -2.55. The van der Waals surface area contributed by atoms with Crippen LogP contribution in [0.3, 0.4) is 0 Å². The molecule has 0 bridgehead atoms. The summed E-state index contributed by atoms with van der Waals surface area (Å²) in [6, 6.07) is 7.87. The van der Waals surface area contributed by atoms with Gasteiger partial charge in [-0.1, -0.05) is 30.0 Å². The van der Waals surface area contributed by atoms with E-state index < -0.39 is 11.7 Å². The highest BCUT2D eigenvalue weighted by atomic mass is 32.2. The van der Waals surface area contributed by atoms with Crippen molar-refractivity contribution in [1.82, 2.24) is 14.6 Å². The number of nitrogens with one attached hydrogen (secondary N) is 1. The number of amides is 1. The zero-order valence-corrected chi connectivity index (χ0v) is 14.8. The van der Waals surface area contributed by atoms with E-state index in [1.165, 1.54) is 10.5 Å². The molecule has 0 fully saturated rings. The summed E-state index contributed by atoms with van der Waals surface area (Å²) in [6.07, 6.45) is -3.53. The van der Waals surface area contributed by atoms with Gasteiger partial charge in [-0.15, -0.1) is 10.2 Å². The lowest BCUT2D eigenvalue weighted by atomic mass is 10.1. The van der Waals surface area contributed by atoms with Crippen LogP contribution in [-0.4, -0.2) is 26.3 Å². The maximum atomic E-state index is 12.9. The number of rotatable bonds is 4. The summed E-state index contributed by atoms with van der Waals surface area (Å²) < 4.78 is 39.8. The Balaban J connectivity index is 1.74. The number of alkyl halides is 3. The second-order valence-corrected chi connectivity index (χ2v) is 6.67. The lowest BCUT2D eigenvalue weighted by Gasteiger charge is -2.11. The molecule has 0 saturated heterocycles. The third-order valence-corrected chi connectivity index (χ3v) is 4.72. The fraction of sp³-hybridized carbons (Fsp3) is 0.235. The minimum absolute atomic E-state index is 0.00477. The number of para-hydroxylation sites is 1. The van der Waals surface area contributed by atoms with Crippen LogP contribution in [0.1, 0.15) is 16.7 Å². The van der Waals surface area contributed by atoms with Gasteiger partial charge in [0.15, 0.2) is 10.8 Å². The van der Waals surface area contributed by atoms with Crippen LogP contribution in [0.2, 0.25) is 0 Å². The summed E-state index contributed by atoms with van der Waals surface area (Å²) in [5.41, 5.74) is 2.10. The highest BCUT2D eigenvalue weighted by Crippen LogP contribution is 2.30. The van der Waals surface area contributed by atoms with E-state index in [1.807, 2.05) is 32.0 Å². The van der Waals surface area contributed by atoms with E-state index in [2.05, 4.69) is 15.5 Å². The minimum atomic E-state index is -4.46. The van der Waals surface area contributed by atoms with Crippen LogP contribution < -0.4 is 5.32 Å². The van der Waals surface area contributed by atoms with Gasteiger partial charge in [0.1, 0.15) is 0 Å². The lowest BCUT2D eigenvalue weighted by Crippen LogP contribution is -2.16. The van der Waals surface area contributed by atoms with E-state index in [1.54, 1.807) is 0 Å². The molecule has 3 rings (SSSR count). The van der Waals surface area contributed by atoms with Crippen LogP contribution in [0.15, 0.2) is 41.7 Å². The number of nitrogens with zero attached hydrogens (tertiary/aromatic N) is 3. The summed E-state index contributed by atoms with van der Waals surface area (Å²) in [4.78, 5) is 12.2. The molecule has 0 spiro atoms. The standard InChI is InChI=1S/C17H15F3N4OS/c1-10-4-3-5-11(2)15(10)21-14(25)9-26-16-23-22-13-7-6-12(8-24(13)16)17(18,19)20/h3-8H,9H2,1-2H3,(H,21,25). The molecule has 0 atom stereocenters. The van der Waals surface area contributed by atoms with Crippen molar-refractivity contribution >= 4 is 29.0 Å². The second-order valence-electron chi connectivity index (χ2n) is 5.73. The van der Waals surface area contributed by atoms with Crippen molar-refractivity contribution in [3.63, 3.8) is 0 Å². The lowest BCUT2D eigenvalue weighted by molar-refractivity contribution is -0.137. The molecule has 3 aromatic rings. The van der Waals surface area contributed by atoms with Crippen molar-refractivity contribution in [1.29, 1.82) is 0 Å². The number of carbonyl (C=O) groups excluding carboxylic acids is 1. The van der Waals surface area contributed by atoms with Crippen molar-refractivity contribution in [3.05, 3.63) is 53.2 Å². The van der Waals surface area contributed by atoms with Gasteiger partial charge in [-0.25, -0.2) is 0 Å². The molecule has 1 aromatic carbocycles. The van der Waals surface area contributed by atoms with Crippen LogP contribution in [0, 0.1) is 13.8 Å². The van der Waals surface area contributed by atoms with E-state index in [-0.39, 0.29) is 22.5 Å². The van der Waals surface area contributed by atoms with Crippen LogP contribution in [0.4, 0.5) is 18.9 Å². The largest absolute Gasteiger partial charge is 0.417 e. The predicted molar refractivity (Wildman–Crippen MR) is 93.3 cm³/mol. The zero-order chi connectivity index (χ0) is 18.9. The van der Waals surface area contributed by atoms with Gasteiger partial charge in [0.25, 0.3) is 0 Å². The van der Waals surface area contributed by atoms with Crippen molar-refractivity contribution in [2.75, 3.05) is 11.1 Å². The van der Waals surface area contributed by atoms with Crippen molar-refractivity contribution in [2.24, 2.45) is 0 Å². The number of halogens is 3. The molecule has 9 heteroatoms. The van der Waals surface area contributed by atoms with Crippen LogP contribution in [-0.2, 0) is 11.0 Å². The van der Waals surface area contributed by atoms with Crippen molar-refractivity contribution < 1.29 is 18.0 Å². The molecule has 26 heavy (non-hydrogen) atoms. The van der Waals surface area contributed by atoms with Gasteiger partial charge in [-0.2, -0.15) is 13.2 Å². The molecule has 5 nitrogen and oxygen atoms in total. The first kappa shape index (κ1) is 18.2. The number of aromatic nitrogens is 3. The van der Waals surface area contributed by atoms with Gasteiger partial charge in [-0.3, -0.25) is 9.20 Å². The summed E-state index contributed by atoms with van der Waals surface area (Å²) in [7, 11) is 0. The Morgan fingerprint density at radius 3 is 2.50 bits per heavy atom. The highest BCUT2D eigenvalue weighted by Gasteiger charge is 2.31. The van der Waals surface area contributed by atoms with Crippen molar-refractivity contribution in [3.8, 4) is 0 Å². The quantitative estimate of drug-likeness (QED) is 0.693. The Morgan fingerprint density at radius 2 is 1.85 bits per heavy atom. The van der Waals surface area contributed by atoms with Crippen molar-refractivity contribution in [2.45, 2.75) is 25.2 Å². The average Bonchev–Trinajstić information content (AvgIpc) is 2.98. The average molecular weight is 380 g/mol. The van der Waals surface area contributed by atoms with E-state index >= 15 is 0 Å². The number of fused-ring (bicyclic) bond motifs is 1. The van der Waals surface area contributed by atoms with Gasteiger partial charge in [0, 0.05) is 11.9 Å². The van der Waals surface area contributed by atoms with Gasteiger partial charge < -0.3 is 5.32 Å². The van der Waals surface area contributed by atoms with Gasteiger partial charge in [0.05, 0.1) is 11.3 Å². The smallest absolute Gasteiger partial charge is 0.325 e. The maximum absolute atomic E-state index is 12.9. The Kier molecular flexibility index (Phi) is 4.90. The molecule has 0 saturated carbocycles.